The molecule has 1 N–H and O–H groups in total. The minimum Gasteiger partial charge on any atom is -0.355 e. The van der Waals surface area contributed by atoms with E-state index < -0.39 is 0 Å². The van der Waals surface area contributed by atoms with Crippen molar-refractivity contribution in [2.45, 2.75) is 19.3 Å². The molecule has 1 atom stereocenters. The van der Waals surface area contributed by atoms with Gasteiger partial charge in [0.15, 0.2) is 0 Å². The van der Waals surface area contributed by atoms with Crippen LogP contribution >= 0.6 is 0 Å². The summed E-state index contributed by atoms with van der Waals surface area (Å²) in [6.07, 6.45) is 6.07. The SMILES string of the molecule is Cn1c(CCNC(=O)[C@H]2CCCN(c3ncccn3)C2)nc2ccccc21. The van der Waals surface area contributed by atoms with Crippen LogP contribution in [-0.4, -0.2) is 45.1 Å². The van der Waals surface area contributed by atoms with E-state index in [1.807, 2.05) is 25.2 Å². The van der Waals surface area contributed by atoms with Crippen molar-refractivity contribution in [2.24, 2.45) is 13.0 Å². The van der Waals surface area contributed by atoms with Crippen molar-refractivity contribution in [3.05, 3.63) is 48.5 Å². The van der Waals surface area contributed by atoms with Crippen molar-refractivity contribution in [2.75, 3.05) is 24.5 Å². The molecule has 0 saturated carbocycles. The highest BCUT2D eigenvalue weighted by molar-refractivity contribution is 5.79. The number of carbonyl (C=O) groups is 1. The van der Waals surface area contributed by atoms with Crippen molar-refractivity contribution in [3.63, 3.8) is 0 Å². The van der Waals surface area contributed by atoms with Gasteiger partial charge in [0.1, 0.15) is 5.82 Å². The van der Waals surface area contributed by atoms with Crippen molar-refractivity contribution in [3.8, 4) is 0 Å². The number of fused-ring (bicyclic) bond motifs is 1. The molecule has 2 aromatic heterocycles. The number of aromatic nitrogens is 4. The van der Waals surface area contributed by atoms with Gasteiger partial charge in [0.05, 0.1) is 17.0 Å². The first-order chi connectivity index (χ1) is 13.2. The molecule has 0 unspecified atom stereocenters. The summed E-state index contributed by atoms with van der Waals surface area (Å²) < 4.78 is 2.09. The molecule has 140 valence electrons. The van der Waals surface area contributed by atoms with E-state index in [4.69, 9.17) is 0 Å². The van der Waals surface area contributed by atoms with Gasteiger partial charge < -0.3 is 14.8 Å². The van der Waals surface area contributed by atoms with Crippen LogP contribution in [0.4, 0.5) is 5.95 Å². The molecule has 1 aromatic carbocycles. The van der Waals surface area contributed by atoms with Gasteiger partial charge in [-0.25, -0.2) is 15.0 Å². The van der Waals surface area contributed by atoms with Gasteiger partial charge in [-0.15, -0.1) is 0 Å². The Morgan fingerprint density at radius 2 is 2.04 bits per heavy atom. The number of nitrogens with one attached hydrogen (secondary N) is 1. The van der Waals surface area contributed by atoms with Crippen LogP contribution in [0.5, 0.6) is 0 Å². The van der Waals surface area contributed by atoms with Gasteiger partial charge in [-0.05, 0) is 31.0 Å². The summed E-state index contributed by atoms with van der Waals surface area (Å²) >= 11 is 0. The van der Waals surface area contributed by atoms with E-state index in [1.165, 1.54) is 0 Å². The molecule has 4 rings (SSSR count). The lowest BCUT2D eigenvalue weighted by molar-refractivity contribution is -0.125. The van der Waals surface area contributed by atoms with E-state index in [-0.39, 0.29) is 11.8 Å². The number of rotatable bonds is 5. The minimum absolute atomic E-state index is 0.0250. The quantitative estimate of drug-likeness (QED) is 0.749. The fourth-order valence-corrected chi connectivity index (χ4v) is 3.69. The summed E-state index contributed by atoms with van der Waals surface area (Å²) in [4.78, 5) is 28.0. The predicted octanol–water partition coefficient (Wildman–Crippen LogP) is 1.94. The summed E-state index contributed by atoms with van der Waals surface area (Å²) in [6, 6.07) is 9.89. The highest BCUT2D eigenvalue weighted by atomic mass is 16.1. The highest BCUT2D eigenvalue weighted by Crippen LogP contribution is 2.20. The molecule has 1 aliphatic rings. The molecule has 1 saturated heterocycles. The molecule has 7 heteroatoms. The fourth-order valence-electron chi connectivity index (χ4n) is 3.69. The first-order valence-electron chi connectivity index (χ1n) is 9.42. The molecule has 27 heavy (non-hydrogen) atoms. The Morgan fingerprint density at radius 3 is 2.85 bits per heavy atom. The third-order valence-corrected chi connectivity index (χ3v) is 5.15. The van der Waals surface area contributed by atoms with Crippen LogP contribution in [0.3, 0.4) is 0 Å². The van der Waals surface area contributed by atoms with Crippen molar-refractivity contribution in [1.29, 1.82) is 0 Å². The normalized spacial score (nSPS) is 17.2. The Hall–Kier alpha value is -2.96. The van der Waals surface area contributed by atoms with E-state index >= 15 is 0 Å². The summed E-state index contributed by atoms with van der Waals surface area (Å²) in [5.74, 6) is 1.77. The lowest BCUT2D eigenvalue weighted by atomic mass is 9.97. The smallest absolute Gasteiger partial charge is 0.225 e. The molecule has 1 aliphatic heterocycles. The van der Waals surface area contributed by atoms with Crippen molar-refractivity contribution in [1.82, 2.24) is 24.8 Å². The second-order valence-corrected chi connectivity index (χ2v) is 6.95. The molecule has 0 aliphatic carbocycles. The molecular formula is C20H24N6O. The van der Waals surface area contributed by atoms with E-state index in [0.29, 0.717) is 19.0 Å². The second-order valence-electron chi connectivity index (χ2n) is 6.95. The average Bonchev–Trinajstić information content (AvgIpc) is 3.05. The highest BCUT2D eigenvalue weighted by Gasteiger charge is 2.26. The first kappa shape index (κ1) is 17.5. The van der Waals surface area contributed by atoms with Gasteiger partial charge in [0, 0.05) is 45.5 Å². The monoisotopic (exact) mass is 364 g/mol. The molecule has 3 heterocycles. The van der Waals surface area contributed by atoms with Gasteiger partial charge in [-0.1, -0.05) is 12.1 Å². The number of amides is 1. The average molecular weight is 364 g/mol. The summed E-state index contributed by atoms with van der Waals surface area (Å²) in [7, 11) is 2.02. The van der Waals surface area contributed by atoms with Crippen LogP contribution < -0.4 is 10.2 Å². The third kappa shape index (κ3) is 3.77. The van der Waals surface area contributed by atoms with Crippen molar-refractivity contribution < 1.29 is 4.79 Å². The number of para-hydroxylation sites is 2. The lowest BCUT2D eigenvalue weighted by Crippen LogP contribution is -2.44. The van der Waals surface area contributed by atoms with Gasteiger partial charge in [0.2, 0.25) is 11.9 Å². The number of aryl methyl sites for hydroxylation is 1. The number of benzene rings is 1. The number of hydrogen-bond acceptors (Lipinski definition) is 5. The number of anilines is 1. The Bertz CT molecular complexity index is 923. The van der Waals surface area contributed by atoms with Crippen LogP contribution in [0.2, 0.25) is 0 Å². The zero-order valence-electron chi connectivity index (χ0n) is 15.5. The van der Waals surface area contributed by atoms with Crippen LogP contribution in [0.15, 0.2) is 42.7 Å². The molecular weight excluding hydrogens is 340 g/mol. The van der Waals surface area contributed by atoms with E-state index in [0.717, 1.165) is 42.7 Å². The maximum Gasteiger partial charge on any atom is 0.225 e. The van der Waals surface area contributed by atoms with Crippen LogP contribution in [0, 0.1) is 5.92 Å². The van der Waals surface area contributed by atoms with Gasteiger partial charge in [-0.2, -0.15) is 0 Å². The Kier molecular flexibility index (Phi) is 5.00. The topological polar surface area (TPSA) is 75.9 Å². The largest absolute Gasteiger partial charge is 0.355 e. The minimum atomic E-state index is -0.0250. The van der Waals surface area contributed by atoms with Gasteiger partial charge in [0.25, 0.3) is 0 Å². The maximum atomic E-state index is 12.6. The number of piperidine rings is 1. The van der Waals surface area contributed by atoms with E-state index in [2.05, 4.69) is 35.8 Å². The number of carbonyl (C=O) groups excluding carboxylic acids is 1. The van der Waals surface area contributed by atoms with Crippen LogP contribution in [0.1, 0.15) is 18.7 Å². The molecule has 3 aromatic rings. The van der Waals surface area contributed by atoms with Gasteiger partial charge in [-0.3, -0.25) is 4.79 Å². The van der Waals surface area contributed by atoms with Crippen LogP contribution in [-0.2, 0) is 18.3 Å². The Morgan fingerprint density at radius 1 is 1.22 bits per heavy atom. The zero-order valence-corrected chi connectivity index (χ0v) is 15.5. The Labute approximate surface area is 158 Å². The molecule has 0 bridgehead atoms. The third-order valence-electron chi connectivity index (χ3n) is 5.15. The molecule has 7 nitrogen and oxygen atoms in total. The summed E-state index contributed by atoms with van der Waals surface area (Å²) in [5.41, 5.74) is 2.11. The number of hydrogen-bond donors (Lipinski definition) is 1. The predicted molar refractivity (Wildman–Crippen MR) is 104 cm³/mol. The molecule has 0 radical (unpaired) electrons. The first-order valence-corrected chi connectivity index (χ1v) is 9.42. The maximum absolute atomic E-state index is 12.6. The second kappa shape index (κ2) is 7.73. The molecule has 0 spiro atoms. The summed E-state index contributed by atoms with van der Waals surface area (Å²) in [5, 5.41) is 3.08. The fraction of sp³-hybridized carbons (Fsp3) is 0.400. The Balaban J connectivity index is 1.33. The van der Waals surface area contributed by atoms with E-state index in [9.17, 15) is 4.79 Å². The standard InChI is InChI=1S/C20H24N6O/c1-25-17-8-3-2-7-16(17)24-18(25)9-12-21-19(27)15-6-4-13-26(14-15)20-22-10-5-11-23-20/h2-3,5,7-8,10-11,15H,4,6,9,12-14H2,1H3,(H,21,27)/t15-/m0/s1. The summed E-state index contributed by atoms with van der Waals surface area (Å²) in [6.45, 7) is 2.16. The lowest BCUT2D eigenvalue weighted by Gasteiger charge is -2.31. The van der Waals surface area contributed by atoms with Crippen molar-refractivity contribution >= 4 is 22.9 Å². The number of imidazole rings is 1. The zero-order chi connectivity index (χ0) is 18.6. The van der Waals surface area contributed by atoms with Gasteiger partial charge >= 0.3 is 0 Å². The molecule has 1 fully saturated rings. The van der Waals surface area contributed by atoms with Crippen LogP contribution in [0.25, 0.3) is 11.0 Å². The molecule has 1 amide bonds. The van der Waals surface area contributed by atoms with E-state index in [1.54, 1.807) is 18.5 Å². The number of nitrogens with zero attached hydrogens (tertiary/aromatic N) is 5.